The van der Waals surface area contributed by atoms with Gasteiger partial charge < -0.3 is 10.2 Å². The number of benzene rings is 1. The molecule has 0 bridgehead atoms. The van der Waals surface area contributed by atoms with Crippen LogP contribution in [0.2, 0.25) is 0 Å². The average molecular weight is 317 g/mol. The highest BCUT2D eigenvalue weighted by Gasteiger charge is 2.23. The van der Waals surface area contributed by atoms with Crippen molar-refractivity contribution in [3.63, 3.8) is 0 Å². The van der Waals surface area contributed by atoms with E-state index < -0.39 is 9.84 Å². The van der Waals surface area contributed by atoms with Crippen LogP contribution in [0.15, 0.2) is 53.6 Å². The van der Waals surface area contributed by atoms with Crippen LogP contribution in [0.1, 0.15) is 6.42 Å². The van der Waals surface area contributed by atoms with Crippen LogP contribution in [-0.2, 0) is 9.84 Å². The lowest BCUT2D eigenvalue weighted by Crippen LogP contribution is -2.26. The number of hydrogen-bond donors (Lipinski definition) is 1. The van der Waals surface area contributed by atoms with Crippen molar-refractivity contribution in [3.8, 4) is 0 Å². The van der Waals surface area contributed by atoms with E-state index in [0.29, 0.717) is 10.9 Å². The molecule has 1 aliphatic heterocycles. The summed E-state index contributed by atoms with van der Waals surface area (Å²) in [5.74, 6) is 0.999. The van der Waals surface area contributed by atoms with Crippen LogP contribution >= 0.6 is 0 Å². The van der Waals surface area contributed by atoms with Crippen molar-refractivity contribution in [1.29, 1.82) is 0 Å². The van der Waals surface area contributed by atoms with E-state index in [1.54, 1.807) is 18.3 Å². The standard InChI is InChI=1S/C16H19N3O2S/c1-22(20,21)15-7-5-13(6-8-15)18-14-9-11-19(12-14)16-4-2-3-10-17-16/h2-8,10,14,18H,9,11-12H2,1H3. The summed E-state index contributed by atoms with van der Waals surface area (Å²) in [5, 5.41) is 3.45. The van der Waals surface area contributed by atoms with Crippen LogP contribution in [0.3, 0.4) is 0 Å². The number of rotatable bonds is 4. The van der Waals surface area contributed by atoms with E-state index in [-0.39, 0.29) is 0 Å². The summed E-state index contributed by atoms with van der Waals surface area (Å²) in [6, 6.07) is 13.2. The lowest BCUT2D eigenvalue weighted by molar-refractivity contribution is 0.602. The van der Waals surface area contributed by atoms with Gasteiger partial charge in [-0.1, -0.05) is 6.07 Å². The highest BCUT2D eigenvalue weighted by atomic mass is 32.2. The normalized spacial score (nSPS) is 18.4. The molecule has 5 nitrogen and oxygen atoms in total. The van der Waals surface area contributed by atoms with Crippen LogP contribution in [0.5, 0.6) is 0 Å². The van der Waals surface area contributed by atoms with Gasteiger partial charge in [0, 0.05) is 37.3 Å². The molecule has 0 aliphatic carbocycles. The maximum Gasteiger partial charge on any atom is 0.175 e. The number of hydrogen-bond acceptors (Lipinski definition) is 5. The van der Waals surface area contributed by atoms with Gasteiger partial charge in [0.25, 0.3) is 0 Å². The molecule has 1 unspecified atom stereocenters. The van der Waals surface area contributed by atoms with Gasteiger partial charge in [-0.25, -0.2) is 13.4 Å². The summed E-state index contributed by atoms with van der Waals surface area (Å²) >= 11 is 0. The molecule has 1 aliphatic rings. The summed E-state index contributed by atoms with van der Waals surface area (Å²) in [6.45, 7) is 1.86. The van der Waals surface area contributed by atoms with Gasteiger partial charge in [-0.2, -0.15) is 0 Å². The van der Waals surface area contributed by atoms with Crippen LogP contribution in [0.25, 0.3) is 0 Å². The molecule has 0 amide bonds. The maximum absolute atomic E-state index is 11.5. The zero-order valence-electron chi connectivity index (χ0n) is 12.4. The quantitative estimate of drug-likeness (QED) is 0.936. The first-order chi connectivity index (χ1) is 10.5. The van der Waals surface area contributed by atoms with Crippen LogP contribution < -0.4 is 10.2 Å². The Balaban J connectivity index is 1.63. The molecule has 0 saturated carbocycles. The summed E-state index contributed by atoms with van der Waals surface area (Å²) < 4.78 is 22.9. The van der Waals surface area contributed by atoms with Crippen molar-refractivity contribution in [3.05, 3.63) is 48.7 Å². The van der Waals surface area contributed by atoms with Crippen molar-refractivity contribution in [2.45, 2.75) is 17.4 Å². The predicted molar refractivity (Wildman–Crippen MR) is 88.0 cm³/mol. The molecule has 2 heterocycles. The third kappa shape index (κ3) is 3.39. The van der Waals surface area contributed by atoms with Gasteiger partial charge in [0.15, 0.2) is 9.84 Å². The maximum atomic E-state index is 11.5. The molecule has 116 valence electrons. The minimum Gasteiger partial charge on any atom is -0.380 e. The molecule has 1 saturated heterocycles. The van der Waals surface area contributed by atoms with Gasteiger partial charge in [-0.3, -0.25) is 0 Å². The average Bonchev–Trinajstić information content (AvgIpc) is 2.96. The Morgan fingerprint density at radius 1 is 1.18 bits per heavy atom. The van der Waals surface area contributed by atoms with Crippen LogP contribution in [-0.4, -0.2) is 38.8 Å². The van der Waals surface area contributed by atoms with Crippen molar-refractivity contribution in [2.75, 3.05) is 29.6 Å². The van der Waals surface area contributed by atoms with E-state index in [2.05, 4.69) is 15.2 Å². The van der Waals surface area contributed by atoms with E-state index in [1.807, 2.05) is 30.3 Å². The zero-order valence-corrected chi connectivity index (χ0v) is 13.3. The van der Waals surface area contributed by atoms with Gasteiger partial charge in [0.05, 0.1) is 4.90 Å². The van der Waals surface area contributed by atoms with E-state index in [1.165, 1.54) is 6.26 Å². The number of anilines is 2. The molecule has 3 rings (SSSR count). The SMILES string of the molecule is CS(=O)(=O)c1ccc(NC2CCN(c3ccccn3)C2)cc1. The summed E-state index contributed by atoms with van der Waals surface area (Å²) in [5.41, 5.74) is 0.945. The fraction of sp³-hybridized carbons (Fsp3) is 0.312. The summed E-state index contributed by atoms with van der Waals surface area (Å²) in [6.07, 6.45) is 4.06. The second-order valence-electron chi connectivity index (χ2n) is 5.56. The first-order valence-corrected chi connectivity index (χ1v) is 9.14. The Bertz CT molecular complexity index is 730. The lowest BCUT2D eigenvalue weighted by atomic mass is 10.2. The predicted octanol–water partition coefficient (Wildman–Crippen LogP) is 2.18. The second-order valence-corrected chi connectivity index (χ2v) is 7.58. The fourth-order valence-electron chi connectivity index (χ4n) is 2.66. The third-order valence-electron chi connectivity index (χ3n) is 3.81. The number of pyridine rings is 1. The van der Waals surface area contributed by atoms with E-state index in [4.69, 9.17) is 0 Å². The third-order valence-corrected chi connectivity index (χ3v) is 4.94. The first kappa shape index (κ1) is 14.8. The zero-order chi connectivity index (χ0) is 15.6. The minimum absolute atomic E-state index is 0.339. The smallest absolute Gasteiger partial charge is 0.175 e. The van der Waals surface area contributed by atoms with E-state index in [9.17, 15) is 8.42 Å². The number of sulfone groups is 1. The summed E-state index contributed by atoms with van der Waals surface area (Å²) in [7, 11) is -3.14. The number of nitrogens with zero attached hydrogens (tertiary/aromatic N) is 2. The fourth-order valence-corrected chi connectivity index (χ4v) is 3.29. The molecule has 2 aromatic rings. The monoisotopic (exact) mass is 317 g/mol. The molecule has 1 fully saturated rings. The van der Waals surface area contributed by atoms with Crippen molar-refractivity contribution in [1.82, 2.24) is 4.98 Å². The summed E-state index contributed by atoms with van der Waals surface area (Å²) in [4.78, 5) is 6.97. The largest absolute Gasteiger partial charge is 0.380 e. The number of nitrogens with one attached hydrogen (secondary N) is 1. The molecular weight excluding hydrogens is 298 g/mol. The molecule has 0 radical (unpaired) electrons. The molecular formula is C16H19N3O2S. The Hall–Kier alpha value is -2.08. The molecule has 22 heavy (non-hydrogen) atoms. The Morgan fingerprint density at radius 2 is 1.95 bits per heavy atom. The highest BCUT2D eigenvalue weighted by Crippen LogP contribution is 2.21. The van der Waals surface area contributed by atoms with Crippen molar-refractivity contribution in [2.24, 2.45) is 0 Å². The Morgan fingerprint density at radius 3 is 2.59 bits per heavy atom. The van der Waals surface area contributed by atoms with Crippen LogP contribution in [0, 0.1) is 0 Å². The van der Waals surface area contributed by atoms with Crippen molar-refractivity contribution >= 4 is 21.3 Å². The van der Waals surface area contributed by atoms with Crippen molar-refractivity contribution < 1.29 is 8.42 Å². The van der Waals surface area contributed by atoms with E-state index in [0.717, 1.165) is 31.0 Å². The molecule has 0 spiro atoms. The van der Waals surface area contributed by atoms with Crippen LogP contribution in [0.4, 0.5) is 11.5 Å². The lowest BCUT2D eigenvalue weighted by Gasteiger charge is -2.18. The Labute approximate surface area is 130 Å². The van der Waals surface area contributed by atoms with Gasteiger partial charge in [-0.05, 0) is 42.8 Å². The number of aromatic nitrogens is 1. The van der Waals surface area contributed by atoms with Gasteiger partial charge >= 0.3 is 0 Å². The van der Waals surface area contributed by atoms with Gasteiger partial charge in [0.2, 0.25) is 0 Å². The molecule has 1 aromatic carbocycles. The molecule has 1 atom stereocenters. The van der Waals surface area contributed by atoms with Gasteiger partial charge in [0.1, 0.15) is 5.82 Å². The Kier molecular flexibility index (Phi) is 4.02. The topological polar surface area (TPSA) is 62.3 Å². The molecule has 1 N–H and O–H groups in total. The minimum atomic E-state index is -3.14. The first-order valence-electron chi connectivity index (χ1n) is 7.25. The second kappa shape index (κ2) is 5.96. The highest BCUT2D eigenvalue weighted by molar-refractivity contribution is 7.90. The molecule has 6 heteroatoms. The van der Waals surface area contributed by atoms with E-state index >= 15 is 0 Å². The van der Waals surface area contributed by atoms with Gasteiger partial charge in [-0.15, -0.1) is 0 Å². The molecule has 1 aromatic heterocycles.